The largest absolute Gasteiger partial charge is 0.384 e. The van der Waals surface area contributed by atoms with Gasteiger partial charge in [-0.1, -0.05) is 6.42 Å². The molecule has 0 aromatic carbocycles. The van der Waals surface area contributed by atoms with Gasteiger partial charge in [0.2, 0.25) is 0 Å². The van der Waals surface area contributed by atoms with E-state index in [0.29, 0.717) is 12.5 Å². The molecular formula is C9H16N4. The third kappa shape index (κ3) is 1.54. The molecule has 1 heterocycles. The quantitative estimate of drug-likeness (QED) is 0.719. The minimum atomic E-state index is 0.593. The maximum atomic E-state index is 5.79. The molecule has 0 amide bonds. The number of hydrogen-bond donors (Lipinski definition) is 2. The molecule has 1 aliphatic carbocycles. The average molecular weight is 180 g/mol. The summed E-state index contributed by atoms with van der Waals surface area (Å²) in [6, 6.07) is 1.99. The van der Waals surface area contributed by atoms with Gasteiger partial charge in [-0.2, -0.15) is 5.10 Å². The van der Waals surface area contributed by atoms with Crippen LogP contribution in [0.15, 0.2) is 6.07 Å². The van der Waals surface area contributed by atoms with Crippen molar-refractivity contribution >= 4 is 5.82 Å². The van der Waals surface area contributed by atoms with E-state index in [2.05, 4.69) is 5.10 Å². The lowest BCUT2D eigenvalue weighted by atomic mass is 9.83. The van der Waals surface area contributed by atoms with Crippen LogP contribution in [-0.2, 0) is 6.54 Å². The van der Waals surface area contributed by atoms with Crippen LogP contribution in [0.2, 0.25) is 0 Å². The lowest BCUT2D eigenvalue weighted by Gasteiger charge is -2.22. The Morgan fingerprint density at radius 2 is 2.31 bits per heavy atom. The van der Waals surface area contributed by atoms with Crippen LogP contribution >= 0.6 is 0 Å². The van der Waals surface area contributed by atoms with Crippen molar-refractivity contribution in [2.45, 2.75) is 31.7 Å². The Kier molecular flexibility index (Phi) is 2.22. The van der Waals surface area contributed by atoms with E-state index in [-0.39, 0.29) is 0 Å². The molecule has 2 rings (SSSR count). The van der Waals surface area contributed by atoms with E-state index in [0.717, 1.165) is 18.1 Å². The molecule has 0 atom stereocenters. The summed E-state index contributed by atoms with van der Waals surface area (Å²) in [4.78, 5) is 0. The van der Waals surface area contributed by atoms with Crippen molar-refractivity contribution in [1.82, 2.24) is 9.78 Å². The second-order valence-electron chi connectivity index (χ2n) is 3.63. The van der Waals surface area contributed by atoms with Crippen molar-refractivity contribution in [1.29, 1.82) is 0 Å². The number of aromatic nitrogens is 2. The van der Waals surface area contributed by atoms with Gasteiger partial charge in [-0.15, -0.1) is 0 Å². The summed E-state index contributed by atoms with van der Waals surface area (Å²) < 4.78 is 1.80. The lowest BCUT2D eigenvalue weighted by molar-refractivity contribution is 0.406. The standard InChI is InChI=1S/C9H16N4/c10-4-5-13-9(11)6-8(12-13)7-2-1-3-7/h6-7H,1-5,10-11H2. The molecule has 1 saturated carbocycles. The van der Waals surface area contributed by atoms with Crippen molar-refractivity contribution in [3.05, 3.63) is 11.8 Å². The fraction of sp³-hybridized carbons (Fsp3) is 0.667. The van der Waals surface area contributed by atoms with E-state index in [4.69, 9.17) is 11.5 Å². The fourth-order valence-corrected chi connectivity index (χ4v) is 1.66. The molecule has 72 valence electrons. The Balaban J connectivity index is 2.14. The number of anilines is 1. The zero-order valence-electron chi connectivity index (χ0n) is 7.74. The Morgan fingerprint density at radius 1 is 1.54 bits per heavy atom. The molecule has 1 fully saturated rings. The van der Waals surface area contributed by atoms with Crippen LogP contribution < -0.4 is 11.5 Å². The van der Waals surface area contributed by atoms with E-state index in [9.17, 15) is 0 Å². The average Bonchev–Trinajstić information content (AvgIpc) is 2.30. The summed E-state index contributed by atoms with van der Waals surface area (Å²) in [5.41, 5.74) is 12.4. The summed E-state index contributed by atoms with van der Waals surface area (Å²) in [7, 11) is 0. The van der Waals surface area contributed by atoms with Crippen LogP contribution in [0.4, 0.5) is 5.82 Å². The van der Waals surface area contributed by atoms with Gasteiger partial charge in [-0.05, 0) is 12.8 Å². The predicted octanol–water partition coefficient (Wildman–Crippen LogP) is 0.691. The Labute approximate surface area is 77.9 Å². The summed E-state index contributed by atoms with van der Waals surface area (Å²) in [5.74, 6) is 1.40. The number of nitrogen functional groups attached to an aromatic ring is 1. The molecule has 1 aromatic heterocycles. The minimum absolute atomic E-state index is 0.593. The van der Waals surface area contributed by atoms with Gasteiger partial charge in [0.05, 0.1) is 12.2 Å². The van der Waals surface area contributed by atoms with E-state index >= 15 is 0 Å². The number of nitrogens with two attached hydrogens (primary N) is 2. The molecule has 13 heavy (non-hydrogen) atoms. The Bertz CT molecular complexity index is 288. The summed E-state index contributed by atoms with van der Waals surface area (Å²) >= 11 is 0. The molecule has 0 saturated heterocycles. The van der Waals surface area contributed by atoms with Gasteiger partial charge in [0.1, 0.15) is 5.82 Å². The summed E-state index contributed by atoms with van der Waals surface area (Å²) in [6.07, 6.45) is 3.85. The van der Waals surface area contributed by atoms with Crippen molar-refractivity contribution in [3.8, 4) is 0 Å². The monoisotopic (exact) mass is 180 g/mol. The highest BCUT2D eigenvalue weighted by Gasteiger charge is 2.22. The topological polar surface area (TPSA) is 69.9 Å². The zero-order valence-corrected chi connectivity index (χ0v) is 7.74. The maximum Gasteiger partial charge on any atom is 0.121 e. The van der Waals surface area contributed by atoms with Gasteiger partial charge in [-0.25, -0.2) is 4.68 Å². The first-order valence-electron chi connectivity index (χ1n) is 4.84. The minimum Gasteiger partial charge on any atom is -0.384 e. The van der Waals surface area contributed by atoms with Crippen LogP contribution in [0.5, 0.6) is 0 Å². The van der Waals surface area contributed by atoms with Crippen molar-refractivity contribution in [3.63, 3.8) is 0 Å². The summed E-state index contributed by atoms with van der Waals surface area (Å²) in [5, 5.41) is 4.43. The zero-order chi connectivity index (χ0) is 9.26. The molecule has 0 unspecified atom stereocenters. The maximum absolute atomic E-state index is 5.79. The highest BCUT2D eigenvalue weighted by molar-refractivity contribution is 5.32. The van der Waals surface area contributed by atoms with E-state index in [1.807, 2.05) is 6.07 Å². The Morgan fingerprint density at radius 3 is 2.85 bits per heavy atom. The smallest absolute Gasteiger partial charge is 0.121 e. The van der Waals surface area contributed by atoms with E-state index < -0.39 is 0 Å². The van der Waals surface area contributed by atoms with E-state index in [1.165, 1.54) is 19.3 Å². The molecule has 0 spiro atoms. The van der Waals surface area contributed by atoms with Gasteiger partial charge < -0.3 is 11.5 Å². The second kappa shape index (κ2) is 3.38. The van der Waals surface area contributed by atoms with Crippen molar-refractivity contribution < 1.29 is 0 Å². The molecule has 4 nitrogen and oxygen atoms in total. The SMILES string of the molecule is NCCn1nc(C2CCC2)cc1N. The first-order valence-corrected chi connectivity index (χ1v) is 4.84. The van der Waals surface area contributed by atoms with Gasteiger partial charge in [0.15, 0.2) is 0 Å². The highest BCUT2D eigenvalue weighted by atomic mass is 15.3. The predicted molar refractivity (Wildman–Crippen MR) is 52.3 cm³/mol. The van der Waals surface area contributed by atoms with Gasteiger partial charge >= 0.3 is 0 Å². The molecule has 4 N–H and O–H groups in total. The fourth-order valence-electron chi connectivity index (χ4n) is 1.66. The van der Waals surface area contributed by atoms with Crippen LogP contribution in [0.25, 0.3) is 0 Å². The molecule has 4 heteroatoms. The van der Waals surface area contributed by atoms with Crippen LogP contribution in [0.1, 0.15) is 30.9 Å². The molecule has 0 bridgehead atoms. The molecule has 0 aliphatic heterocycles. The summed E-state index contributed by atoms with van der Waals surface area (Å²) in [6.45, 7) is 1.31. The lowest BCUT2D eigenvalue weighted by Crippen LogP contribution is -2.14. The van der Waals surface area contributed by atoms with E-state index in [1.54, 1.807) is 4.68 Å². The first kappa shape index (κ1) is 8.56. The first-order chi connectivity index (χ1) is 6.31. The Hall–Kier alpha value is -1.03. The molecule has 1 aliphatic rings. The molecule has 0 radical (unpaired) electrons. The number of rotatable bonds is 3. The van der Waals surface area contributed by atoms with Crippen molar-refractivity contribution in [2.24, 2.45) is 5.73 Å². The van der Waals surface area contributed by atoms with Crippen LogP contribution in [-0.4, -0.2) is 16.3 Å². The van der Waals surface area contributed by atoms with Gasteiger partial charge in [-0.3, -0.25) is 0 Å². The van der Waals surface area contributed by atoms with Crippen LogP contribution in [0.3, 0.4) is 0 Å². The number of hydrogen-bond acceptors (Lipinski definition) is 3. The van der Waals surface area contributed by atoms with Gasteiger partial charge in [0, 0.05) is 18.5 Å². The number of nitrogens with zero attached hydrogens (tertiary/aromatic N) is 2. The highest BCUT2D eigenvalue weighted by Crippen LogP contribution is 2.35. The van der Waals surface area contributed by atoms with Crippen molar-refractivity contribution in [2.75, 3.05) is 12.3 Å². The normalized spacial score (nSPS) is 17.3. The van der Waals surface area contributed by atoms with Gasteiger partial charge in [0.25, 0.3) is 0 Å². The molecular weight excluding hydrogens is 164 g/mol. The third-order valence-corrected chi connectivity index (χ3v) is 2.69. The van der Waals surface area contributed by atoms with Crippen LogP contribution in [0, 0.1) is 0 Å². The second-order valence-corrected chi connectivity index (χ2v) is 3.63. The molecule has 1 aromatic rings. The third-order valence-electron chi connectivity index (χ3n) is 2.69.